The molecule has 0 unspecified atom stereocenters. The van der Waals surface area contributed by atoms with E-state index in [0.29, 0.717) is 23.2 Å². The van der Waals surface area contributed by atoms with E-state index in [1.807, 2.05) is 31.2 Å². The van der Waals surface area contributed by atoms with E-state index < -0.39 is 0 Å². The first-order chi connectivity index (χ1) is 10.1. The molecule has 3 nitrogen and oxygen atoms in total. The maximum absolute atomic E-state index is 6.13. The van der Waals surface area contributed by atoms with Gasteiger partial charge in [-0.05, 0) is 42.8 Å². The first kappa shape index (κ1) is 15.8. The molecule has 5 heteroatoms. The van der Waals surface area contributed by atoms with Crippen molar-refractivity contribution in [2.45, 2.75) is 13.5 Å². The Hall–Kier alpha value is -1.58. The average molecular weight is 326 g/mol. The van der Waals surface area contributed by atoms with Gasteiger partial charge in [-0.1, -0.05) is 29.3 Å². The van der Waals surface area contributed by atoms with Crippen molar-refractivity contribution in [3.63, 3.8) is 0 Å². The van der Waals surface area contributed by atoms with Gasteiger partial charge in [-0.2, -0.15) is 0 Å². The van der Waals surface area contributed by atoms with Crippen LogP contribution in [-0.4, -0.2) is 13.7 Å². The molecule has 2 aromatic carbocycles. The molecule has 112 valence electrons. The minimum absolute atomic E-state index is 0.598. The highest BCUT2D eigenvalue weighted by Gasteiger charge is 2.06. The van der Waals surface area contributed by atoms with Crippen LogP contribution in [0.15, 0.2) is 36.4 Å². The quantitative estimate of drug-likeness (QED) is 0.809. The van der Waals surface area contributed by atoms with E-state index in [2.05, 4.69) is 5.32 Å². The number of methoxy groups -OCH3 is 1. The first-order valence-electron chi connectivity index (χ1n) is 6.62. The molecule has 0 aliphatic carbocycles. The summed E-state index contributed by atoms with van der Waals surface area (Å²) in [6.07, 6.45) is 0. The molecule has 21 heavy (non-hydrogen) atoms. The van der Waals surface area contributed by atoms with Gasteiger partial charge in [0.1, 0.15) is 0 Å². The van der Waals surface area contributed by atoms with Crippen LogP contribution in [0.4, 0.5) is 5.69 Å². The maximum atomic E-state index is 6.13. The van der Waals surface area contributed by atoms with Gasteiger partial charge in [0.25, 0.3) is 0 Å². The Balaban J connectivity index is 2.09. The topological polar surface area (TPSA) is 30.5 Å². The van der Waals surface area contributed by atoms with Gasteiger partial charge in [0.15, 0.2) is 11.5 Å². The summed E-state index contributed by atoms with van der Waals surface area (Å²) in [5, 5.41) is 4.49. The van der Waals surface area contributed by atoms with Crippen LogP contribution < -0.4 is 14.8 Å². The van der Waals surface area contributed by atoms with E-state index in [9.17, 15) is 0 Å². The second-order valence-electron chi connectivity index (χ2n) is 4.40. The molecular weight excluding hydrogens is 309 g/mol. The predicted octanol–water partition coefficient (Wildman–Crippen LogP) is 5.01. The van der Waals surface area contributed by atoms with Crippen molar-refractivity contribution in [2.24, 2.45) is 0 Å². The summed E-state index contributed by atoms with van der Waals surface area (Å²) in [4.78, 5) is 0. The molecule has 0 saturated heterocycles. The fraction of sp³-hybridized carbons (Fsp3) is 0.250. The molecule has 0 aliphatic heterocycles. The molecule has 0 aliphatic rings. The zero-order valence-corrected chi connectivity index (χ0v) is 13.5. The molecule has 0 fully saturated rings. The number of anilines is 1. The highest BCUT2D eigenvalue weighted by Crippen LogP contribution is 2.29. The Morgan fingerprint density at radius 1 is 1.05 bits per heavy atom. The number of hydrogen-bond donors (Lipinski definition) is 1. The molecule has 2 rings (SSSR count). The van der Waals surface area contributed by atoms with Crippen LogP contribution in [0.5, 0.6) is 11.5 Å². The third kappa shape index (κ3) is 4.19. The maximum Gasteiger partial charge on any atom is 0.161 e. The smallest absolute Gasteiger partial charge is 0.161 e. The number of nitrogens with one attached hydrogen (secondary N) is 1. The number of hydrogen-bond acceptors (Lipinski definition) is 3. The van der Waals surface area contributed by atoms with Gasteiger partial charge in [-0.3, -0.25) is 0 Å². The van der Waals surface area contributed by atoms with Crippen molar-refractivity contribution < 1.29 is 9.47 Å². The molecule has 0 bridgehead atoms. The Kier molecular flexibility index (Phi) is 5.59. The van der Waals surface area contributed by atoms with Crippen molar-refractivity contribution in [1.82, 2.24) is 0 Å². The summed E-state index contributed by atoms with van der Waals surface area (Å²) in [5.74, 6) is 1.46. The number of benzene rings is 2. The third-order valence-corrected chi connectivity index (χ3v) is 3.49. The van der Waals surface area contributed by atoms with Crippen LogP contribution in [0.25, 0.3) is 0 Å². The van der Waals surface area contributed by atoms with Crippen molar-refractivity contribution in [3.05, 3.63) is 52.0 Å². The van der Waals surface area contributed by atoms with Crippen LogP contribution in [0.1, 0.15) is 12.5 Å². The highest BCUT2D eigenvalue weighted by atomic mass is 35.5. The largest absolute Gasteiger partial charge is 0.493 e. The van der Waals surface area contributed by atoms with Crippen LogP contribution in [-0.2, 0) is 6.54 Å². The Morgan fingerprint density at radius 2 is 1.86 bits per heavy atom. The van der Waals surface area contributed by atoms with Crippen LogP contribution >= 0.6 is 23.2 Å². The van der Waals surface area contributed by atoms with Crippen molar-refractivity contribution in [3.8, 4) is 11.5 Å². The van der Waals surface area contributed by atoms with Gasteiger partial charge in [0.05, 0.1) is 24.4 Å². The summed E-state index contributed by atoms with van der Waals surface area (Å²) >= 11 is 12.0. The van der Waals surface area contributed by atoms with Gasteiger partial charge >= 0.3 is 0 Å². The number of halogens is 2. The average Bonchev–Trinajstić information content (AvgIpc) is 2.47. The zero-order valence-electron chi connectivity index (χ0n) is 12.0. The van der Waals surface area contributed by atoms with E-state index in [1.165, 1.54) is 0 Å². The SMILES string of the molecule is CCOc1ccc(CNc2ccc(Cl)cc2Cl)cc1OC. The lowest BCUT2D eigenvalue weighted by atomic mass is 10.2. The zero-order chi connectivity index (χ0) is 15.2. The molecule has 2 aromatic rings. The minimum atomic E-state index is 0.598. The van der Waals surface area contributed by atoms with E-state index in [0.717, 1.165) is 22.7 Å². The fourth-order valence-corrected chi connectivity index (χ4v) is 2.40. The van der Waals surface area contributed by atoms with Gasteiger partial charge in [-0.25, -0.2) is 0 Å². The lowest BCUT2D eigenvalue weighted by Gasteiger charge is -2.12. The molecule has 0 amide bonds. The van der Waals surface area contributed by atoms with Gasteiger partial charge in [0.2, 0.25) is 0 Å². The lowest BCUT2D eigenvalue weighted by Crippen LogP contribution is -2.01. The first-order valence-corrected chi connectivity index (χ1v) is 7.38. The Bertz CT molecular complexity index is 617. The van der Waals surface area contributed by atoms with Gasteiger partial charge in [-0.15, -0.1) is 0 Å². The van der Waals surface area contributed by atoms with Gasteiger partial charge in [0, 0.05) is 11.6 Å². The standard InChI is InChI=1S/C16H17Cl2NO2/c1-3-21-15-7-4-11(8-16(15)20-2)10-19-14-6-5-12(17)9-13(14)18/h4-9,19H,3,10H2,1-2H3. The number of rotatable bonds is 6. The lowest BCUT2D eigenvalue weighted by molar-refractivity contribution is 0.310. The highest BCUT2D eigenvalue weighted by molar-refractivity contribution is 6.36. The van der Waals surface area contributed by atoms with E-state index in [4.69, 9.17) is 32.7 Å². The normalized spacial score (nSPS) is 10.3. The summed E-state index contributed by atoms with van der Waals surface area (Å²) in [6.45, 7) is 3.18. The van der Waals surface area contributed by atoms with E-state index in [1.54, 1.807) is 19.2 Å². The number of ether oxygens (including phenoxy) is 2. The van der Waals surface area contributed by atoms with E-state index in [-0.39, 0.29) is 0 Å². The molecule has 0 radical (unpaired) electrons. The monoisotopic (exact) mass is 325 g/mol. The fourth-order valence-electron chi connectivity index (χ4n) is 1.93. The Morgan fingerprint density at radius 3 is 2.52 bits per heavy atom. The molecule has 0 aromatic heterocycles. The van der Waals surface area contributed by atoms with Crippen LogP contribution in [0, 0.1) is 0 Å². The van der Waals surface area contributed by atoms with Gasteiger partial charge < -0.3 is 14.8 Å². The Labute approximate surface area is 134 Å². The summed E-state index contributed by atoms with van der Waals surface area (Å²) in [5.41, 5.74) is 1.91. The minimum Gasteiger partial charge on any atom is -0.493 e. The summed E-state index contributed by atoms with van der Waals surface area (Å²) in [6, 6.07) is 11.2. The van der Waals surface area contributed by atoms with Crippen LogP contribution in [0.3, 0.4) is 0 Å². The third-order valence-electron chi connectivity index (χ3n) is 2.94. The summed E-state index contributed by atoms with van der Waals surface area (Å²) < 4.78 is 10.8. The second-order valence-corrected chi connectivity index (χ2v) is 5.24. The molecule has 0 atom stereocenters. The summed E-state index contributed by atoms with van der Waals surface area (Å²) in [7, 11) is 1.63. The molecule has 0 saturated carbocycles. The molecule has 0 heterocycles. The van der Waals surface area contributed by atoms with Crippen molar-refractivity contribution in [2.75, 3.05) is 19.0 Å². The van der Waals surface area contributed by atoms with Crippen molar-refractivity contribution >= 4 is 28.9 Å². The van der Waals surface area contributed by atoms with E-state index >= 15 is 0 Å². The molecule has 0 spiro atoms. The van der Waals surface area contributed by atoms with Crippen molar-refractivity contribution in [1.29, 1.82) is 0 Å². The molecule has 1 N–H and O–H groups in total. The molecular formula is C16H17Cl2NO2. The van der Waals surface area contributed by atoms with Crippen LogP contribution in [0.2, 0.25) is 10.0 Å². The predicted molar refractivity (Wildman–Crippen MR) is 88.0 cm³/mol. The second kappa shape index (κ2) is 7.43.